The van der Waals surface area contributed by atoms with Crippen LogP contribution in [0.15, 0.2) is 61.2 Å². The molecule has 4 aromatic rings. The third-order valence-electron chi connectivity index (χ3n) is 7.88. The third kappa shape index (κ3) is 5.54. The predicted octanol–water partition coefficient (Wildman–Crippen LogP) is 4.78. The van der Waals surface area contributed by atoms with Crippen molar-refractivity contribution in [1.29, 1.82) is 0 Å². The van der Waals surface area contributed by atoms with Crippen LogP contribution in [0.2, 0.25) is 0 Å². The second-order valence-electron chi connectivity index (χ2n) is 10.6. The number of morpholine rings is 1. The number of amides is 2. The Morgan fingerprint density at radius 2 is 1.81 bits per heavy atom. The van der Waals surface area contributed by atoms with Crippen molar-refractivity contribution in [3.63, 3.8) is 0 Å². The van der Waals surface area contributed by atoms with Gasteiger partial charge in [0, 0.05) is 55.6 Å². The maximum atomic E-state index is 13.1. The van der Waals surface area contributed by atoms with Crippen molar-refractivity contribution < 1.29 is 27.5 Å². The molecule has 3 aromatic heterocycles. The largest absolute Gasteiger partial charge is 0.417 e. The van der Waals surface area contributed by atoms with Crippen LogP contribution in [0, 0.1) is 6.92 Å². The number of aromatic nitrogens is 3. The lowest BCUT2D eigenvalue weighted by Gasteiger charge is -2.27. The summed E-state index contributed by atoms with van der Waals surface area (Å²) in [5, 5.41) is 7.03. The highest BCUT2D eigenvalue weighted by atomic mass is 19.4. The Morgan fingerprint density at radius 1 is 1.00 bits per heavy atom. The highest BCUT2D eigenvalue weighted by molar-refractivity contribution is 6.04. The van der Waals surface area contributed by atoms with Crippen molar-refractivity contribution in [3.05, 3.63) is 89.0 Å². The molecule has 9 nitrogen and oxygen atoms in total. The highest BCUT2D eigenvalue weighted by Gasteiger charge is 2.31. The molecular formula is C30H29F3N6O3. The summed E-state index contributed by atoms with van der Waals surface area (Å²) >= 11 is 0. The molecule has 5 heterocycles. The van der Waals surface area contributed by atoms with Gasteiger partial charge < -0.3 is 19.9 Å². The Kier molecular flexibility index (Phi) is 7.31. The van der Waals surface area contributed by atoms with Gasteiger partial charge in [-0.15, -0.1) is 0 Å². The molecule has 0 saturated carbocycles. The van der Waals surface area contributed by atoms with Gasteiger partial charge >= 0.3 is 6.18 Å². The van der Waals surface area contributed by atoms with E-state index in [9.17, 15) is 22.8 Å². The van der Waals surface area contributed by atoms with Gasteiger partial charge in [0.15, 0.2) is 0 Å². The predicted molar refractivity (Wildman–Crippen MR) is 150 cm³/mol. The first kappa shape index (κ1) is 27.7. The number of anilines is 2. The normalized spacial score (nSPS) is 17.6. The van der Waals surface area contributed by atoms with Crippen molar-refractivity contribution in [2.45, 2.75) is 25.4 Å². The van der Waals surface area contributed by atoms with E-state index in [2.05, 4.69) is 20.3 Å². The molecule has 2 amide bonds. The van der Waals surface area contributed by atoms with E-state index in [0.29, 0.717) is 44.0 Å². The number of carbonyl (C=O) groups is 2. The van der Waals surface area contributed by atoms with Crippen LogP contribution in [0.3, 0.4) is 0 Å². The lowest BCUT2D eigenvalue weighted by atomic mass is 9.92. The van der Waals surface area contributed by atoms with Crippen LogP contribution in [-0.2, 0) is 10.9 Å². The molecule has 0 spiro atoms. The van der Waals surface area contributed by atoms with Gasteiger partial charge in [0.1, 0.15) is 0 Å². The molecule has 0 bridgehead atoms. The molecule has 2 aliphatic heterocycles. The quantitative estimate of drug-likeness (QED) is 0.367. The van der Waals surface area contributed by atoms with E-state index in [1.54, 1.807) is 33.9 Å². The van der Waals surface area contributed by atoms with Crippen LogP contribution < -0.4 is 10.2 Å². The van der Waals surface area contributed by atoms with Crippen molar-refractivity contribution in [3.8, 4) is 0 Å². The molecule has 6 rings (SSSR count). The van der Waals surface area contributed by atoms with Crippen LogP contribution in [0.4, 0.5) is 24.5 Å². The molecule has 0 aliphatic carbocycles. The number of fused-ring (bicyclic) bond motifs is 1. The zero-order valence-electron chi connectivity index (χ0n) is 22.9. The summed E-state index contributed by atoms with van der Waals surface area (Å²) in [5.41, 5.74) is 3.81. The number of halogens is 3. The van der Waals surface area contributed by atoms with Crippen LogP contribution in [0.25, 0.3) is 5.52 Å². The zero-order valence-corrected chi connectivity index (χ0v) is 22.9. The Balaban J connectivity index is 1.19. The third-order valence-corrected chi connectivity index (χ3v) is 7.88. The molecule has 1 atom stereocenters. The average Bonchev–Trinajstić information content (AvgIpc) is 3.64. The van der Waals surface area contributed by atoms with Gasteiger partial charge in [-0.2, -0.15) is 18.3 Å². The number of benzene rings is 1. The lowest BCUT2D eigenvalue weighted by molar-refractivity contribution is -0.137. The number of alkyl halides is 3. The smallest absolute Gasteiger partial charge is 0.378 e. The number of ether oxygens (including phenoxy) is 1. The first-order chi connectivity index (χ1) is 20.2. The standard InChI is InChI=1S/C30H29F3N6O3/c1-19-2-3-20(28(40)36-24-14-23(15-34-16-24)30(31,32)33)12-25(19)22-4-6-38(18-22)27-17-35-39-7-5-21(13-26(27)39)29(41)37-8-10-42-11-9-37/h2-3,5,7,12-17,22H,4,6,8-11,18H2,1H3,(H,36,40)/t22-/m1/s1. The maximum Gasteiger partial charge on any atom is 0.417 e. The van der Waals surface area contributed by atoms with Gasteiger partial charge in [0.2, 0.25) is 0 Å². The molecular weight excluding hydrogens is 549 g/mol. The van der Waals surface area contributed by atoms with E-state index in [0.717, 1.165) is 47.6 Å². The van der Waals surface area contributed by atoms with Gasteiger partial charge in [-0.3, -0.25) is 14.6 Å². The average molecular weight is 579 g/mol. The number of nitrogens with one attached hydrogen (secondary N) is 1. The number of rotatable bonds is 5. The Morgan fingerprint density at radius 3 is 2.60 bits per heavy atom. The molecule has 2 saturated heterocycles. The van der Waals surface area contributed by atoms with E-state index in [-0.39, 0.29) is 17.5 Å². The maximum absolute atomic E-state index is 13.1. The summed E-state index contributed by atoms with van der Waals surface area (Å²) in [4.78, 5) is 33.7. The van der Waals surface area contributed by atoms with E-state index in [1.165, 1.54) is 6.20 Å². The van der Waals surface area contributed by atoms with E-state index >= 15 is 0 Å². The SMILES string of the molecule is Cc1ccc(C(=O)Nc2cncc(C(F)(F)F)c2)cc1[C@@H]1CCN(c2cnn3ccc(C(=O)N4CCOCC4)cc23)C1. The zero-order chi connectivity index (χ0) is 29.4. The van der Waals surface area contributed by atoms with Crippen molar-refractivity contribution in [2.75, 3.05) is 49.6 Å². The highest BCUT2D eigenvalue weighted by Crippen LogP contribution is 2.35. The van der Waals surface area contributed by atoms with Crippen molar-refractivity contribution in [1.82, 2.24) is 19.5 Å². The second kappa shape index (κ2) is 11.1. The molecule has 42 heavy (non-hydrogen) atoms. The minimum atomic E-state index is -4.56. The second-order valence-corrected chi connectivity index (χ2v) is 10.6. The van der Waals surface area contributed by atoms with Crippen molar-refractivity contribution in [2.24, 2.45) is 0 Å². The Bertz CT molecular complexity index is 1650. The summed E-state index contributed by atoms with van der Waals surface area (Å²) in [7, 11) is 0. The fraction of sp³-hybridized carbons (Fsp3) is 0.333. The van der Waals surface area contributed by atoms with Crippen molar-refractivity contribution >= 4 is 28.7 Å². The molecule has 1 N–H and O–H groups in total. The minimum Gasteiger partial charge on any atom is -0.378 e. The first-order valence-corrected chi connectivity index (χ1v) is 13.7. The van der Waals surface area contributed by atoms with Gasteiger partial charge in [-0.25, -0.2) is 4.52 Å². The molecule has 0 radical (unpaired) electrons. The molecule has 12 heteroatoms. The molecule has 218 valence electrons. The van der Waals surface area contributed by atoms with E-state index < -0.39 is 17.6 Å². The van der Waals surface area contributed by atoms with Crippen LogP contribution in [-0.4, -0.2) is 70.7 Å². The van der Waals surface area contributed by atoms with E-state index in [1.807, 2.05) is 25.1 Å². The topological polar surface area (TPSA) is 92.1 Å². The number of aryl methyl sites for hydroxylation is 1. The summed E-state index contributed by atoms with van der Waals surface area (Å²) < 4.78 is 46.3. The van der Waals surface area contributed by atoms with Gasteiger partial charge in [0.25, 0.3) is 11.8 Å². The van der Waals surface area contributed by atoms with Crippen LogP contribution in [0.5, 0.6) is 0 Å². The van der Waals surface area contributed by atoms with Crippen LogP contribution >= 0.6 is 0 Å². The van der Waals surface area contributed by atoms with Gasteiger partial charge in [-0.1, -0.05) is 6.07 Å². The fourth-order valence-electron chi connectivity index (χ4n) is 5.61. The lowest BCUT2D eigenvalue weighted by Crippen LogP contribution is -2.40. The van der Waals surface area contributed by atoms with Crippen LogP contribution in [0.1, 0.15) is 49.7 Å². The fourth-order valence-corrected chi connectivity index (χ4v) is 5.61. The number of nitrogens with zero attached hydrogens (tertiary/aromatic N) is 5. The summed E-state index contributed by atoms with van der Waals surface area (Å²) in [6.45, 7) is 5.63. The van der Waals surface area contributed by atoms with Gasteiger partial charge in [0.05, 0.1) is 48.1 Å². The van der Waals surface area contributed by atoms with E-state index in [4.69, 9.17) is 4.74 Å². The Hall–Kier alpha value is -4.45. The monoisotopic (exact) mass is 578 g/mol. The first-order valence-electron chi connectivity index (χ1n) is 13.7. The summed E-state index contributed by atoms with van der Waals surface area (Å²) in [6.07, 6.45) is 1.80. The number of hydrogen-bond acceptors (Lipinski definition) is 6. The Labute approximate surface area is 239 Å². The number of pyridine rings is 2. The summed E-state index contributed by atoms with van der Waals surface area (Å²) in [5.74, 6) is -0.410. The minimum absolute atomic E-state index is 0.0245. The molecule has 0 unspecified atom stereocenters. The summed E-state index contributed by atoms with van der Waals surface area (Å²) in [6, 6.07) is 9.87. The number of hydrogen-bond donors (Lipinski definition) is 1. The number of carbonyl (C=O) groups excluding carboxylic acids is 2. The molecule has 1 aromatic carbocycles. The molecule has 2 aliphatic rings. The van der Waals surface area contributed by atoms with Gasteiger partial charge in [-0.05, 0) is 54.8 Å². The molecule has 2 fully saturated rings.